The highest BCUT2D eigenvalue weighted by atomic mass is 16.7. The molecule has 0 saturated carbocycles. The number of hydrogen-bond acceptors (Lipinski definition) is 8. The smallest absolute Gasteiger partial charge is 0.343 e. The first-order valence-electron chi connectivity index (χ1n) is 12.3. The van der Waals surface area contributed by atoms with E-state index in [9.17, 15) is 14.7 Å². The molecule has 0 amide bonds. The van der Waals surface area contributed by atoms with E-state index in [1.54, 1.807) is 17.6 Å². The summed E-state index contributed by atoms with van der Waals surface area (Å²) in [5.74, 6) is 0.558. The van der Waals surface area contributed by atoms with E-state index in [2.05, 4.69) is 24.4 Å². The van der Waals surface area contributed by atoms with Crippen LogP contribution in [0.1, 0.15) is 48.9 Å². The lowest BCUT2D eigenvalue weighted by molar-refractivity contribution is -0.172. The fraction of sp³-hybridized carbons (Fsp3) is 0.370. The Balaban J connectivity index is 1.57. The maximum Gasteiger partial charge on any atom is 0.343 e. The van der Waals surface area contributed by atoms with Gasteiger partial charge in [0.05, 0.1) is 29.0 Å². The van der Waals surface area contributed by atoms with Crippen molar-refractivity contribution in [2.24, 2.45) is 0 Å². The lowest BCUT2D eigenvalue weighted by atomic mass is 9.86. The number of fused-ring (bicyclic) bond motifs is 6. The Morgan fingerprint density at radius 3 is 2.72 bits per heavy atom. The van der Waals surface area contributed by atoms with Crippen LogP contribution in [0.15, 0.2) is 29.1 Å². The van der Waals surface area contributed by atoms with E-state index < -0.39 is 11.6 Å². The summed E-state index contributed by atoms with van der Waals surface area (Å²) in [6.45, 7) is 5.88. The first-order chi connectivity index (χ1) is 17.5. The monoisotopic (exact) mass is 489 g/mol. The van der Waals surface area contributed by atoms with Crippen molar-refractivity contribution in [2.75, 3.05) is 19.9 Å². The third-order valence-electron chi connectivity index (χ3n) is 7.25. The Labute approximate surface area is 207 Å². The van der Waals surface area contributed by atoms with Gasteiger partial charge in [-0.25, -0.2) is 9.78 Å². The quantitative estimate of drug-likeness (QED) is 0.314. The van der Waals surface area contributed by atoms with Crippen LogP contribution in [-0.2, 0) is 28.3 Å². The van der Waals surface area contributed by atoms with Crippen LogP contribution in [0.5, 0.6) is 11.5 Å². The number of pyridine rings is 2. The zero-order valence-electron chi connectivity index (χ0n) is 20.2. The number of nitrogens with zero attached hydrogens (tertiary/aromatic N) is 2. The van der Waals surface area contributed by atoms with Crippen molar-refractivity contribution in [3.63, 3.8) is 0 Å². The number of ether oxygens (including phenoxy) is 3. The Hall–Kier alpha value is -3.69. The molecule has 0 fully saturated rings. The van der Waals surface area contributed by atoms with E-state index in [1.165, 1.54) is 0 Å². The fourth-order valence-corrected chi connectivity index (χ4v) is 5.25. The number of carbonyl (C=O) groups excluding carboxylic acids is 1. The summed E-state index contributed by atoms with van der Waals surface area (Å²) in [5.41, 5.74) is 2.31. The van der Waals surface area contributed by atoms with Gasteiger partial charge in [-0.15, -0.1) is 0 Å². The van der Waals surface area contributed by atoms with Gasteiger partial charge in [0.2, 0.25) is 6.79 Å². The molecule has 5 heterocycles. The molecule has 2 N–H and O–H groups in total. The average Bonchev–Trinajstić information content (AvgIpc) is 3.49. The van der Waals surface area contributed by atoms with Crippen molar-refractivity contribution in [3.05, 3.63) is 56.9 Å². The molecule has 0 spiro atoms. The van der Waals surface area contributed by atoms with Crippen molar-refractivity contribution in [3.8, 4) is 22.9 Å². The summed E-state index contributed by atoms with van der Waals surface area (Å²) >= 11 is 0. The SMILES string of the molecule is CCNCC/C=C/c1c2c(nc3cc4c(cc13)OCO4)-c1cc3c(c(=O)n1C2)COC(=O)[C@]3(O)CC. The molecule has 0 saturated heterocycles. The van der Waals surface area contributed by atoms with Crippen LogP contribution in [-0.4, -0.2) is 40.5 Å². The molecule has 0 unspecified atom stereocenters. The average molecular weight is 490 g/mol. The lowest BCUT2D eigenvalue weighted by Crippen LogP contribution is -2.44. The van der Waals surface area contributed by atoms with Gasteiger partial charge in [-0.05, 0) is 43.6 Å². The molecule has 3 aliphatic heterocycles. The molecule has 36 heavy (non-hydrogen) atoms. The molecule has 6 rings (SSSR count). The zero-order chi connectivity index (χ0) is 25.0. The minimum Gasteiger partial charge on any atom is -0.458 e. The second-order valence-electron chi connectivity index (χ2n) is 9.22. The Morgan fingerprint density at radius 2 is 1.94 bits per heavy atom. The van der Waals surface area contributed by atoms with E-state index in [0.29, 0.717) is 46.1 Å². The van der Waals surface area contributed by atoms with Crippen molar-refractivity contribution in [1.29, 1.82) is 0 Å². The number of aromatic nitrogens is 2. The van der Waals surface area contributed by atoms with Gasteiger partial charge in [-0.1, -0.05) is 26.0 Å². The summed E-state index contributed by atoms with van der Waals surface area (Å²) in [4.78, 5) is 30.9. The zero-order valence-corrected chi connectivity index (χ0v) is 20.2. The number of cyclic esters (lactones) is 1. The third kappa shape index (κ3) is 3.26. The molecule has 3 aliphatic rings. The van der Waals surface area contributed by atoms with Crippen LogP contribution < -0.4 is 20.3 Å². The van der Waals surface area contributed by atoms with Crippen LogP contribution >= 0.6 is 0 Å². The summed E-state index contributed by atoms with van der Waals surface area (Å²) in [7, 11) is 0. The van der Waals surface area contributed by atoms with Crippen molar-refractivity contribution in [1.82, 2.24) is 14.9 Å². The van der Waals surface area contributed by atoms with E-state index in [1.807, 2.05) is 12.1 Å². The first-order valence-corrected chi connectivity index (χ1v) is 12.3. The standard InChI is InChI=1S/C27H27N3O6/c1-3-27(33)19-10-21-24-17(12-30(21)25(31)18(19)13-34-26(27)32)15(7-5-6-8-28-4-2)16-9-22-23(36-14-35-22)11-20(16)29-24/h5,7,9-11,28,33H,3-4,6,8,12-14H2,1-2H3/b7-5+/t27-/m0/s1. The Bertz CT molecular complexity index is 1510. The lowest BCUT2D eigenvalue weighted by Gasteiger charge is -2.31. The third-order valence-corrected chi connectivity index (χ3v) is 7.25. The predicted molar refractivity (Wildman–Crippen MR) is 133 cm³/mol. The minimum absolute atomic E-state index is 0.100. The molecule has 2 aromatic heterocycles. The van der Waals surface area contributed by atoms with Gasteiger partial charge in [0.15, 0.2) is 17.1 Å². The largest absolute Gasteiger partial charge is 0.458 e. The van der Waals surface area contributed by atoms with Crippen LogP contribution in [0, 0.1) is 0 Å². The highest BCUT2D eigenvalue weighted by Gasteiger charge is 2.45. The molecule has 9 heteroatoms. The number of nitrogens with one attached hydrogen (secondary N) is 1. The van der Waals surface area contributed by atoms with E-state index in [-0.39, 0.29) is 25.4 Å². The van der Waals surface area contributed by atoms with Gasteiger partial charge in [0.25, 0.3) is 5.56 Å². The van der Waals surface area contributed by atoms with Crippen LogP contribution in [0.4, 0.5) is 0 Å². The topological polar surface area (TPSA) is 112 Å². The van der Waals surface area contributed by atoms with Gasteiger partial charge in [0.1, 0.15) is 6.61 Å². The molecular formula is C27H27N3O6. The number of carbonyl (C=O) groups is 1. The minimum atomic E-state index is -1.86. The van der Waals surface area contributed by atoms with Gasteiger partial charge in [-0.2, -0.15) is 0 Å². The van der Waals surface area contributed by atoms with Crippen LogP contribution in [0.25, 0.3) is 28.4 Å². The van der Waals surface area contributed by atoms with Gasteiger partial charge >= 0.3 is 5.97 Å². The van der Waals surface area contributed by atoms with E-state index >= 15 is 0 Å². The predicted octanol–water partition coefficient (Wildman–Crippen LogP) is 2.82. The Kier molecular flexibility index (Phi) is 5.35. The maximum atomic E-state index is 13.6. The molecule has 0 bridgehead atoms. The number of rotatable bonds is 6. The summed E-state index contributed by atoms with van der Waals surface area (Å²) in [5, 5.41) is 15.4. The number of aliphatic hydroxyl groups is 1. The van der Waals surface area contributed by atoms with Gasteiger partial charge in [0, 0.05) is 22.6 Å². The maximum absolute atomic E-state index is 13.6. The first kappa shape index (κ1) is 22.8. The highest BCUT2D eigenvalue weighted by molar-refractivity contribution is 5.95. The van der Waals surface area contributed by atoms with Gasteiger partial charge in [-0.3, -0.25) is 4.79 Å². The molecular weight excluding hydrogens is 462 g/mol. The molecule has 0 aliphatic carbocycles. The number of esters is 1. The van der Waals surface area contributed by atoms with Crippen LogP contribution in [0.3, 0.4) is 0 Å². The Morgan fingerprint density at radius 1 is 1.14 bits per heavy atom. The van der Waals surface area contributed by atoms with E-state index in [0.717, 1.165) is 36.0 Å². The van der Waals surface area contributed by atoms with Gasteiger partial charge < -0.3 is 29.2 Å². The molecule has 9 nitrogen and oxygen atoms in total. The van der Waals surface area contributed by atoms with Crippen LogP contribution in [0.2, 0.25) is 0 Å². The molecule has 1 atom stereocenters. The summed E-state index contributed by atoms with van der Waals surface area (Å²) in [6.07, 6.45) is 5.14. The second kappa shape index (κ2) is 8.46. The summed E-state index contributed by atoms with van der Waals surface area (Å²) < 4.78 is 18.0. The highest BCUT2D eigenvalue weighted by Crippen LogP contribution is 2.43. The number of hydrogen-bond donors (Lipinski definition) is 2. The fourth-order valence-electron chi connectivity index (χ4n) is 5.25. The van der Waals surface area contributed by atoms with E-state index in [4.69, 9.17) is 19.2 Å². The van der Waals surface area contributed by atoms with Crippen molar-refractivity contribution in [2.45, 2.75) is 45.4 Å². The molecule has 186 valence electrons. The number of benzene rings is 1. The van der Waals surface area contributed by atoms with Crippen molar-refractivity contribution >= 4 is 22.9 Å². The molecule has 0 radical (unpaired) electrons. The summed E-state index contributed by atoms with van der Waals surface area (Å²) in [6, 6.07) is 5.53. The van der Waals surface area contributed by atoms with Crippen molar-refractivity contribution < 1.29 is 24.1 Å². The molecule has 3 aromatic rings. The normalized spacial score (nSPS) is 19.5. The molecule has 1 aromatic carbocycles. The second-order valence-corrected chi connectivity index (χ2v) is 9.22.